The number of H-pyrrole nitrogens is 1. The van der Waals surface area contributed by atoms with E-state index in [1.807, 2.05) is 0 Å². The molecule has 0 fully saturated rings. The molecule has 0 atom stereocenters. The highest BCUT2D eigenvalue weighted by Crippen LogP contribution is 2.35. The van der Waals surface area contributed by atoms with Gasteiger partial charge in [0.05, 0.1) is 11.5 Å². The second kappa shape index (κ2) is 7.60. The topological polar surface area (TPSA) is 120 Å². The molecule has 0 saturated carbocycles. The van der Waals surface area contributed by atoms with E-state index in [1.54, 1.807) is 6.92 Å². The summed E-state index contributed by atoms with van der Waals surface area (Å²) in [5, 5.41) is 21.4. The zero-order valence-electron chi connectivity index (χ0n) is 14.0. The van der Waals surface area contributed by atoms with Gasteiger partial charge in [-0.3, -0.25) is 10.1 Å². The molecule has 10 heteroatoms. The highest BCUT2D eigenvalue weighted by Gasteiger charge is 2.23. The lowest BCUT2D eigenvalue weighted by atomic mass is 10.1. The van der Waals surface area contributed by atoms with Gasteiger partial charge in [0.15, 0.2) is 5.69 Å². The van der Waals surface area contributed by atoms with E-state index >= 15 is 0 Å². The Bertz CT molecular complexity index is 987. The summed E-state index contributed by atoms with van der Waals surface area (Å²) in [6, 6.07) is 9.12. The molecule has 1 heterocycles. The number of halogens is 1. The van der Waals surface area contributed by atoms with Crippen LogP contribution in [0.15, 0.2) is 42.5 Å². The molecule has 138 valence electrons. The molecule has 0 saturated heterocycles. The predicted octanol–water partition coefficient (Wildman–Crippen LogP) is 3.49. The number of aromatic amines is 1. The lowest BCUT2D eigenvalue weighted by Gasteiger charge is -2.08. The molecule has 1 N–H and O–H groups in total. The van der Waals surface area contributed by atoms with E-state index in [0.717, 1.165) is 0 Å². The summed E-state index contributed by atoms with van der Waals surface area (Å²) >= 11 is 0. The molecule has 0 aliphatic rings. The van der Waals surface area contributed by atoms with Gasteiger partial charge in [0, 0.05) is 11.6 Å². The van der Waals surface area contributed by atoms with Crippen molar-refractivity contribution in [3.8, 4) is 22.8 Å². The van der Waals surface area contributed by atoms with Crippen LogP contribution in [0.3, 0.4) is 0 Å². The first kappa shape index (κ1) is 18.0. The fourth-order valence-electron chi connectivity index (χ4n) is 2.30. The first-order valence-corrected chi connectivity index (χ1v) is 7.79. The number of nitro benzene ring substituents is 1. The van der Waals surface area contributed by atoms with Crippen molar-refractivity contribution in [2.75, 3.05) is 6.61 Å². The van der Waals surface area contributed by atoms with Gasteiger partial charge in [0.25, 0.3) is 0 Å². The summed E-state index contributed by atoms with van der Waals surface area (Å²) in [4.78, 5) is 22.7. The second-order valence-electron chi connectivity index (χ2n) is 5.24. The van der Waals surface area contributed by atoms with Gasteiger partial charge in [-0.05, 0) is 43.3 Å². The normalized spacial score (nSPS) is 10.4. The maximum absolute atomic E-state index is 13.0. The Kier molecular flexibility index (Phi) is 5.06. The van der Waals surface area contributed by atoms with E-state index in [4.69, 9.17) is 9.47 Å². The summed E-state index contributed by atoms with van der Waals surface area (Å²) in [6.45, 7) is 1.79. The zero-order chi connectivity index (χ0) is 19.4. The van der Waals surface area contributed by atoms with Crippen LogP contribution < -0.4 is 4.74 Å². The second-order valence-corrected chi connectivity index (χ2v) is 5.24. The Labute approximate surface area is 151 Å². The predicted molar refractivity (Wildman–Crippen MR) is 90.9 cm³/mol. The monoisotopic (exact) mass is 372 g/mol. The number of ether oxygens (including phenoxy) is 2. The van der Waals surface area contributed by atoms with Crippen molar-refractivity contribution >= 4 is 11.7 Å². The van der Waals surface area contributed by atoms with Crippen LogP contribution in [0, 0.1) is 15.9 Å². The molecule has 0 radical (unpaired) electrons. The van der Waals surface area contributed by atoms with Crippen LogP contribution in [0.1, 0.15) is 17.4 Å². The van der Waals surface area contributed by atoms with E-state index in [0.29, 0.717) is 0 Å². The number of nitrogens with one attached hydrogen (secondary N) is 1. The number of carbonyl (C=O) groups is 1. The average Bonchev–Trinajstić information content (AvgIpc) is 3.14. The van der Waals surface area contributed by atoms with Crippen molar-refractivity contribution in [3.05, 3.63) is 64.1 Å². The molecular weight excluding hydrogens is 359 g/mol. The van der Waals surface area contributed by atoms with Crippen LogP contribution in [0.4, 0.5) is 10.1 Å². The number of aromatic nitrogens is 3. The number of hydrogen-bond donors (Lipinski definition) is 1. The third kappa shape index (κ3) is 3.89. The largest absolute Gasteiger partial charge is 0.461 e. The van der Waals surface area contributed by atoms with Crippen molar-refractivity contribution in [2.24, 2.45) is 0 Å². The van der Waals surface area contributed by atoms with Crippen LogP contribution in [-0.4, -0.2) is 32.9 Å². The van der Waals surface area contributed by atoms with Crippen LogP contribution in [0.5, 0.6) is 11.5 Å². The van der Waals surface area contributed by atoms with E-state index in [9.17, 15) is 19.3 Å². The van der Waals surface area contributed by atoms with Crippen molar-refractivity contribution in [1.29, 1.82) is 0 Å². The Morgan fingerprint density at radius 1 is 1.22 bits per heavy atom. The Morgan fingerprint density at radius 2 is 1.96 bits per heavy atom. The minimum Gasteiger partial charge on any atom is -0.461 e. The Hall–Kier alpha value is -3.82. The highest BCUT2D eigenvalue weighted by molar-refractivity contribution is 5.94. The lowest BCUT2D eigenvalue weighted by Crippen LogP contribution is -2.07. The number of esters is 1. The van der Waals surface area contributed by atoms with Crippen molar-refractivity contribution in [1.82, 2.24) is 15.4 Å². The molecule has 0 aliphatic carbocycles. The minimum absolute atomic E-state index is 0.0449. The molecule has 3 aromatic rings. The number of benzene rings is 2. The smallest absolute Gasteiger partial charge is 0.361 e. The van der Waals surface area contributed by atoms with Gasteiger partial charge >= 0.3 is 11.7 Å². The average molecular weight is 372 g/mol. The van der Waals surface area contributed by atoms with Crippen molar-refractivity contribution in [3.63, 3.8) is 0 Å². The summed E-state index contributed by atoms with van der Waals surface area (Å²) in [7, 11) is 0. The van der Waals surface area contributed by atoms with Crippen LogP contribution >= 0.6 is 0 Å². The van der Waals surface area contributed by atoms with E-state index in [2.05, 4.69) is 15.4 Å². The quantitative estimate of drug-likeness (QED) is 0.399. The molecular formula is C17H13FN4O5. The SMILES string of the molecule is CCOC(=O)c1n[nH]nc1-c1ccc(Oc2ccc(F)cc2)c([N+](=O)[O-])c1. The van der Waals surface area contributed by atoms with E-state index < -0.39 is 16.7 Å². The highest BCUT2D eigenvalue weighted by atomic mass is 19.1. The third-order valence-electron chi connectivity index (χ3n) is 3.49. The van der Waals surface area contributed by atoms with Crippen LogP contribution in [-0.2, 0) is 4.74 Å². The standard InChI is InChI=1S/C17H13FN4O5/c1-2-26-17(23)16-15(19-21-20-16)10-3-8-14(13(9-10)22(24)25)27-12-6-4-11(18)5-7-12/h3-9H,2H2,1H3,(H,19,20,21). The molecule has 0 amide bonds. The fraction of sp³-hybridized carbons (Fsp3) is 0.118. The maximum Gasteiger partial charge on any atom is 0.361 e. The first-order chi connectivity index (χ1) is 13.0. The fourth-order valence-corrected chi connectivity index (χ4v) is 2.30. The summed E-state index contributed by atoms with van der Waals surface area (Å²) < 4.78 is 23.3. The Morgan fingerprint density at radius 3 is 2.63 bits per heavy atom. The van der Waals surface area contributed by atoms with E-state index in [-0.39, 0.29) is 40.7 Å². The van der Waals surface area contributed by atoms with Gasteiger partial charge in [-0.15, -0.1) is 5.10 Å². The van der Waals surface area contributed by atoms with Crippen LogP contribution in [0.2, 0.25) is 0 Å². The van der Waals surface area contributed by atoms with Gasteiger partial charge in [-0.25, -0.2) is 9.18 Å². The molecule has 0 spiro atoms. The summed E-state index contributed by atoms with van der Waals surface area (Å²) in [5.74, 6) is -0.960. The first-order valence-electron chi connectivity index (χ1n) is 7.79. The summed E-state index contributed by atoms with van der Waals surface area (Å²) in [5.41, 5.74) is -0.0390. The molecule has 27 heavy (non-hydrogen) atoms. The van der Waals surface area contributed by atoms with Crippen molar-refractivity contribution in [2.45, 2.75) is 6.92 Å². The Balaban J connectivity index is 1.97. The molecule has 3 rings (SSSR count). The van der Waals surface area contributed by atoms with Gasteiger partial charge in [0.2, 0.25) is 5.75 Å². The number of hydrogen-bond acceptors (Lipinski definition) is 7. The minimum atomic E-state index is -0.699. The van der Waals surface area contributed by atoms with Crippen LogP contribution in [0.25, 0.3) is 11.3 Å². The van der Waals surface area contributed by atoms with Gasteiger partial charge < -0.3 is 9.47 Å². The van der Waals surface area contributed by atoms with Gasteiger partial charge in [0.1, 0.15) is 17.3 Å². The number of rotatable bonds is 6. The maximum atomic E-state index is 13.0. The zero-order valence-corrected chi connectivity index (χ0v) is 14.0. The lowest BCUT2D eigenvalue weighted by molar-refractivity contribution is -0.385. The van der Waals surface area contributed by atoms with E-state index in [1.165, 1.54) is 42.5 Å². The number of nitrogens with zero attached hydrogens (tertiary/aromatic N) is 3. The van der Waals surface area contributed by atoms with Crippen molar-refractivity contribution < 1.29 is 23.6 Å². The number of nitro groups is 1. The number of carbonyl (C=O) groups excluding carboxylic acids is 1. The molecule has 2 aromatic carbocycles. The van der Waals surface area contributed by atoms with Gasteiger partial charge in [-0.2, -0.15) is 10.3 Å². The molecule has 1 aromatic heterocycles. The van der Waals surface area contributed by atoms with Gasteiger partial charge in [-0.1, -0.05) is 0 Å². The summed E-state index contributed by atoms with van der Waals surface area (Å²) in [6.07, 6.45) is 0. The molecule has 0 aliphatic heterocycles. The molecule has 9 nitrogen and oxygen atoms in total. The molecule has 0 unspecified atom stereocenters. The molecule has 0 bridgehead atoms. The third-order valence-corrected chi connectivity index (χ3v) is 3.49.